The Kier molecular flexibility index (Phi) is 11.5. The lowest BCUT2D eigenvalue weighted by Gasteiger charge is -2.34. The molecule has 2 heterocycles. The Morgan fingerprint density at radius 2 is 0.649 bits per heavy atom. The fraction of sp³-hybridized carbons (Fsp3) is 0. The maximum Gasteiger partial charge on any atom is 0.179 e. The van der Waals surface area contributed by atoms with E-state index in [0.717, 1.165) is 83.1 Å². The Labute approximate surface area is 431 Å². The van der Waals surface area contributed by atoms with E-state index in [2.05, 4.69) is 237 Å². The molecule has 74 heavy (non-hydrogen) atoms. The number of fused-ring (bicyclic) bond motifs is 3. The first-order chi connectivity index (χ1) is 36.7. The van der Waals surface area contributed by atoms with Gasteiger partial charge in [0.2, 0.25) is 0 Å². The highest BCUT2D eigenvalue weighted by Crippen LogP contribution is 2.44. The van der Waals surface area contributed by atoms with Crippen LogP contribution in [0.2, 0.25) is 0 Å². The third-order valence-corrected chi connectivity index (χ3v) is 19.0. The highest BCUT2D eigenvalue weighted by Gasteiger charge is 2.41. The average Bonchev–Trinajstić information content (AvgIpc) is 3.87. The minimum absolute atomic E-state index is 0.588. The van der Waals surface area contributed by atoms with E-state index in [1.54, 1.807) is 0 Å². The van der Waals surface area contributed by atoms with Crippen molar-refractivity contribution in [2.75, 3.05) is 0 Å². The molecule has 0 N–H and O–H groups in total. The van der Waals surface area contributed by atoms with Crippen molar-refractivity contribution in [1.82, 2.24) is 15.0 Å². The zero-order valence-corrected chi connectivity index (χ0v) is 41.4. The van der Waals surface area contributed by atoms with Crippen LogP contribution in [0.1, 0.15) is 0 Å². The Morgan fingerprint density at radius 3 is 1.23 bits per heavy atom. The molecule has 2 aromatic heterocycles. The Bertz CT molecular complexity index is 4010. The van der Waals surface area contributed by atoms with Gasteiger partial charge in [0.25, 0.3) is 0 Å². The molecule has 348 valence electrons. The van der Waals surface area contributed by atoms with Gasteiger partial charge < -0.3 is 4.42 Å². The lowest BCUT2D eigenvalue weighted by Crippen LogP contribution is -2.74. The standard InChI is InChI=1S/C69H47N3OSi/c1-7-23-48(24-8-1)55-46-61(51-29-21-31-53(43-51)68-70-67(50-27-11-3-12-28-50)71-69(72-68)54-41-42-65-63(45-54)60-39-19-20-40-64(60)73-65)66(49-25-9-2-10-26-49)62(47-55)52-30-22-38-59(44-52)74(56-32-13-4-14-33-56,57-34-15-5-16-35-57)58-36-17-6-18-37-58/h1-47H. The molecule has 0 fully saturated rings. The van der Waals surface area contributed by atoms with E-state index in [-0.39, 0.29) is 0 Å². The quantitative estimate of drug-likeness (QED) is 0.0957. The second kappa shape index (κ2) is 19.2. The summed E-state index contributed by atoms with van der Waals surface area (Å²) in [5.41, 5.74) is 13.3. The summed E-state index contributed by atoms with van der Waals surface area (Å²) >= 11 is 0. The molecule has 0 saturated carbocycles. The SMILES string of the molecule is c1ccc(-c2cc(-c3cccc(-c4nc(-c5ccccc5)nc(-c5ccc6oc7ccccc7c6c5)n4)c3)c(-c3ccccc3)c(-c3cccc([Si](c4ccccc4)(c4ccccc4)c4ccccc4)c3)c2)cc1. The van der Waals surface area contributed by atoms with Crippen molar-refractivity contribution in [2.24, 2.45) is 0 Å². The summed E-state index contributed by atoms with van der Waals surface area (Å²) < 4.78 is 6.22. The van der Waals surface area contributed by atoms with E-state index in [1.165, 1.54) is 20.7 Å². The number of rotatable bonds is 11. The number of para-hydroxylation sites is 1. The van der Waals surface area contributed by atoms with Gasteiger partial charge in [0.1, 0.15) is 11.2 Å². The zero-order chi connectivity index (χ0) is 49.3. The summed E-state index contributed by atoms with van der Waals surface area (Å²) in [5.74, 6) is 1.78. The van der Waals surface area contributed by atoms with Gasteiger partial charge in [0.05, 0.1) is 0 Å². The molecule has 0 saturated heterocycles. The minimum atomic E-state index is -2.87. The zero-order valence-electron chi connectivity index (χ0n) is 40.4. The molecule has 0 aliphatic carbocycles. The normalized spacial score (nSPS) is 11.5. The molecule has 0 unspecified atom stereocenters. The van der Waals surface area contributed by atoms with E-state index in [4.69, 9.17) is 19.4 Å². The van der Waals surface area contributed by atoms with Crippen LogP contribution in [0.25, 0.3) is 101 Å². The Morgan fingerprint density at radius 1 is 0.243 bits per heavy atom. The number of hydrogen-bond acceptors (Lipinski definition) is 4. The summed E-state index contributed by atoms with van der Waals surface area (Å²) in [4.78, 5) is 15.6. The predicted molar refractivity (Wildman–Crippen MR) is 309 cm³/mol. The van der Waals surface area contributed by atoms with Gasteiger partial charge in [-0.25, -0.2) is 15.0 Å². The van der Waals surface area contributed by atoms with Crippen LogP contribution in [0.4, 0.5) is 0 Å². The first-order valence-corrected chi connectivity index (χ1v) is 27.1. The van der Waals surface area contributed by atoms with Crippen molar-refractivity contribution in [3.8, 4) is 78.7 Å². The lowest BCUT2D eigenvalue weighted by atomic mass is 9.84. The summed E-state index contributed by atoms with van der Waals surface area (Å²) in [7, 11) is -2.87. The molecule has 13 rings (SSSR count). The number of nitrogens with zero attached hydrogens (tertiary/aromatic N) is 3. The van der Waals surface area contributed by atoms with Gasteiger partial charge in [0.15, 0.2) is 25.5 Å². The molecule has 0 radical (unpaired) electrons. The Balaban J connectivity index is 1.03. The van der Waals surface area contributed by atoms with E-state index in [1.807, 2.05) is 48.5 Å². The molecule has 0 amide bonds. The second-order valence-electron chi connectivity index (χ2n) is 18.7. The van der Waals surface area contributed by atoms with Crippen molar-refractivity contribution in [3.05, 3.63) is 285 Å². The van der Waals surface area contributed by atoms with E-state index >= 15 is 0 Å². The molecular weight excluding hydrogens is 915 g/mol. The van der Waals surface area contributed by atoms with Crippen LogP contribution in [0, 0.1) is 0 Å². The van der Waals surface area contributed by atoms with Crippen LogP contribution in [0.5, 0.6) is 0 Å². The number of benzene rings is 11. The smallest absolute Gasteiger partial charge is 0.179 e. The average molecular weight is 962 g/mol. The van der Waals surface area contributed by atoms with E-state index in [9.17, 15) is 0 Å². The molecule has 13 aromatic rings. The fourth-order valence-corrected chi connectivity index (χ4v) is 15.6. The van der Waals surface area contributed by atoms with E-state index < -0.39 is 8.07 Å². The summed E-state index contributed by atoms with van der Waals surface area (Å²) in [5, 5.41) is 7.39. The van der Waals surface area contributed by atoms with Crippen molar-refractivity contribution in [1.29, 1.82) is 0 Å². The van der Waals surface area contributed by atoms with Crippen LogP contribution < -0.4 is 20.7 Å². The van der Waals surface area contributed by atoms with Gasteiger partial charge >= 0.3 is 0 Å². The minimum Gasteiger partial charge on any atom is -0.456 e. The van der Waals surface area contributed by atoms with Gasteiger partial charge in [-0.15, -0.1) is 0 Å². The summed E-state index contributed by atoms with van der Waals surface area (Å²) in [6.07, 6.45) is 0. The lowest BCUT2D eigenvalue weighted by molar-refractivity contribution is 0.669. The molecule has 0 bridgehead atoms. The molecule has 0 spiro atoms. The van der Waals surface area contributed by atoms with E-state index in [0.29, 0.717) is 17.5 Å². The molecule has 0 atom stereocenters. The highest BCUT2D eigenvalue weighted by molar-refractivity contribution is 7.19. The van der Waals surface area contributed by atoms with Crippen molar-refractivity contribution in [3.63, 3.8) is 0 Å². The highest BCUT2D eigenvalue weighted by atomic mass is 28.3. The summed E-state index contributed by atoms with van der Waals surface area (Å²) in [6.45, 7) is 0. The third-order valence-electron chi connectivity index (χ3n) is 14.3. The van der Waals surface area contributed by atoms with Crippen LogP contribution >= 0.6 is 0 Å². The number of aromatic nitrogens is 3. The van der Waals surface area contributed by atoms with Crippen LogP contribution in [-0.4, -0.2) is 23.0 Å². The van der Waals surface area contributed by atoms with Gasteiger partial charge in [0, 0.05) is 27.5 Å². The predicted octanol–water partition coefficient (Wildman–Crippen LogP) is 14.8. The largest absolute Gasteiger partial charge is 0.456 e. The summed E-state index contributed by atoms with van der Waals surface area (Å²) in [6, 6.07) is 102. The van der Waals surface area contributed by atoms with Crippen LogP contribution in [0.3, 0.4) is 0 Å². The first-order valence-electron chi connectivity index (χ1n) is 25.1. The monoisotopic (exact) mass is 961 g/mol. The number of furan rings is 1. The fourth-order valence-electron chi connectivity index (χ4n) is 10.8. The van der Waals surface area contributed by atoms with Gasteiger partial charge in [-0.1, -0.05) is 243 Å². The molecule has 4 nitrogen and oxygen atoms in total. The van der Waals surface area contributed by atoms with Crippen molar-refractivity contribution >= 4 is 50.8 Å². The van der Waals surface area contributed by atoms with Crippen molar-refractivity contribution < 1.29 is 4.42 Å². The maximum atomic E-state index is 6.22. The molecule has 5 heteroatoms. The molecular formula is C69H47N3OSi. The van der Waals surface area contributed by atoms with Crippen molar-refractivity contribution in [2.45, 2.75) is 0 Å². The van der Waals surface area contributed by atoms with Gasteiger partial charge in [-0.3, -0.25) is 0 Å². The molecule has 11 aromatic carbocycles. The second-order valence-corrected chi connectivity index (χ2v) is 22.5. The van der Waals surface area contributed by atoms with Crippen LogP contribution in [0.15, 0.2) is 290 Å². The molecule has 0 aliphatic heterocycles. The Hall–Kier alpha value is -9.55. The van der Waals surface area contributed by atoms with Gasteiger partial charge in [-0.2, -0.15) is 0 Å². The third kappa shape index (κ3) is 8.12. The maximum absolute atomic E-state index is 6.22. The van der Waals surface area contributed by atoms with Gasteiger partial charge in [-0.05, 0) is 108 Å². The molecule has 0 aliphatic rings. The first kappa shape index (κ1) is 44.4. The topological polar surface area (TPSA) is 51.8 Å². The number of hydrogen-bond donors (Lipinski definition) is 0. The van der Waals surface area contributed by atoms with Crippen LogP contribution in [-0.2, 0) is 0 Å².